The fourth-order valence-electron chi connectivity index (χ4n) is 2.51. The van der Waals surface area contributed by atoms with Crippen LogP contribution >= 0.6 is 0 Å². The fraction of sp³-hybridized carbons (Fsp3) is 0. The number of nitrogens with one attached hydrogen (secondary N) is 1. The van der Waals surface area contributed by atoms with Gasteiger partial charge in [-0.3, -0.25) is 4.98 Å². The molecule has 3 aromatic rings. The predicted molar refractivity (Wildman–Crippen MR) is 92.3 cm³/mol. The molecular weight excluding hydrogens is 284 g/mol. The smallest absolute Gasteiger partial charge is 0.105 e. The Bertz CT molecular complexity index is 903. The van der Waals surface area contributed by atoms with E-state index in [9.17, 15) is 0 Å². The van der Waals surface area contributed by atoms with Crippen LogP contribution in [0.15, 0.2) is 79.4 Å². The van der Waals surface area contributed by atoms with Gasteiger partial charge in [0, 0.05) is 17.0 Å². The molecule has 0 atom stereocenters. The number of rotatable bonds is 0. The van der Waals surface area contributed by atoms with Gasteiger partial charge in [-0.05, 0) is 24.3 Å². The van der Waals surface area contributed by atoms with Crippen molar-refractivity contribution in [1.29, 1.82) is 0 Å². The van der Waals surface area contributed by atoms with E-state index in [-0.39, 0.29) is 0 Å². The average Bonchev–Trinajstić information content (AvgIpc) is 3.09. The molecule has 2 aliphatic heterocycles. The zero-order valence-corrected chi connectivity index (χ0v) is 12.3. The topological polar surface area (TPSA) is 54.5 Å². The first-order valence-corrected chi connectivity index (χ1v) is 7.38. The zero-order valence-electron chi connectivity index (χ0n) is 12.3. The number of nitrogens with zero attached hydrogens (tertiary/aromatic N) is 3. The number of hydrogen-bond donors (Lipinski definition) is 1. The Morgan fingerprint density at radius 2 is 1.48 bits per heavy atom. The standard InChI is InChI=1S/C13H9N.C6H5N3/c1-3-7-12-10(5-1)9-11-6-2-4-8-13(11)14-12;1-2-8-6-3-7-4-9-5(1)6/h1-9H;1-4H,(H,7,9). The van der Waals surface area contributed by atoms with Crippen LogP contribution in [0.1, 0.15) is 0 Å². The van der Waals surface area contributed by atoms with E-state index in [1.807, 2.05) is 42.5 Å². The first-order valence-electron chi connectivity index (χ1n) is 7.38. The van der Waals surface area contributed by atoms with Crippen LogP contribution in [0.2, 0.25) is 0 Å². The van der Waals surface area contributed by atoms with Crippen molar-refractivity contribution in [2.75, 3.05) is 0 Å². The van der Waals surface area contributed by atoms with Crippen molar-refractivity contribution in [2.45, 2.75) is 0 Å². The number of pyridine rings is 1. The summed E-state index contributed by atoms with van der Waals surface area (Å²) >= 11 is 0. The van der Waals surface area contributed by atoms with E-state index < -0.39 is 0 Å². The molecule has 0 spiro atoms. The lowest BCUT2D eigenvalue weighted by atomic mass is 10.1. The summed E-state index contributed by atoms with van der Waals surface area (Å²) in [5.41, 5.74) is 4.07. The number of aromatic amines is 1. The molecule has 0 radical (unpaired) electrons. The fourth-order valence-corrected chi connectivity index (χ4v) is 2.51. The third kappa shape index (κ3) is 2.74. The molecule has 110 valence electrons. The van der Waals surface area contributed by atoms with Gasteiger partial charge in [-0.2, -0.15) is 0 Å². The molecule has 0 saturated heterocycles. The van der Waals surface area contributed by atoms with Gasteiger partial charge >= 0.3 is 0 Å². The first-order chi connectivity index (χ1) is 11.4. The first kappa shape index (κ1) is 13.4. The second-order valence-electron chi connectivity index (χ2n) is 5.17. The van der Waals surface area contributed by atoms with Crippen LogP contribution in [0.3, 0.4) is 0 Å². The van der Waals surface area contributed by atoms with Crippen molar-refractivity contribution in [3.8, 4) is 11.4 Å². The third-order valence-electron chi connectivity index (χ3n) is 3.65. The average molecular weight is 298 g/mol. The maximum Gasteiger partial charge on any atom is 0.105 e. The summed E-state index contributed by atoms with van der Waals surface area (Å²) in [6.07, 6.45) is 5.12. The van der Waals surface area contributed by atoms with Gasteiger partial charge in [0.15, 0.2) is 0 Å². The van der Waals surface area contributed by atoms with Crippen LogP contribution < -0.4 is 0 Å². The van der Waals surface area contributed by atoms with Gasteiger partial charge in [-0.1, -0.05) is 36.4 Å². The summed E-state index contributed by atoms with van der Waals surface area (Å²) in [6, 6.07) is 20.5. The summed E-state index contributed by atoms with van der Waals surface area (Å²) in [5.74, 6) is 0. The summed E-state index contributed by atoms with van der Waals surface area (Å²) in [4.78, 5) is 15.4. The number of fused-ring (bicyclic) bond motifs is 3. The number of benzene rings is 2. The van der Waals surface area contributed by atoms with Crippen molar-refractivity contribution >= 4 is 21.8 Å². The number of para-hydroxylation sites is 2. The largest absolute Gasteiger partial charge is 0.345 e. The third-order valence-corrected chi connectivity index (χ3v) is 3.65. The number of aromatic nitrogens is 4. The molecule has 4 nitrogen and oxygen atoms in total. The Morgan fingerprint density at radius 3 is 2.17 bits per heavy atom. The van der Waals surface area contributed by atoms with E-state index in [2.05, 4.69) is 38.1 Å². The van der Waals surface area contributed by atoms with Crippen LogP contribution in [0.5, 0.6) is 0 Å². The molecule has 2 aromatic carbocycles. The van der Waals surface area contributed by atoms with E-state index in [1.165, 1.54) is 10.8 Å². The lowest BCUT2D eigenvalue weighted by Gasteiger charge is -1.99. The molecule has 0 amide bonds. The van der Waals surface area contributed by atoms with Gasteiger partial charge in [0.1, 0.15) is 5.69 Å². The summed E-state index contributed by atoms with van der Waals surface area (Å²) in [7, 11) is 0. The maximum absolute atomic E-state index is 4.58. The van der Waals surface area contributed by atoms with Gasteiger partial charge in [0.05, 0.1) is 29.3 Å². The molecule has 0 fully saturated rings. The molecular formula is C19H14N4. The minimum Gasteiger partial charge on any atom is -0.345 e. The zero-order chi connectivity index (χ0) is 15.5. The number of hydrogen-bond acceptors (Lipinski definition) is 3. The van der Waals surface area contributed by atoms with Crippen LogP contribution in [0.4, 0.5) is 0 Å². The van der Waals surface area contributed by atoms with Crippen LogP contribution in [-0.4, -0.2) is 19.9 Å². The van der Waals surface area contributed by atoms with Crippen molar-refractivity contribution < 1.29 is 0 Å². The molecule has 23 heavy (non-hydrogen) atoms. The summed E-state index contributed by atoms with van der Waals surface area (Å²) in [6.45, 7) is 0. The van der Waals surface area contributed by atoms with Gasteiger partial charge in [-0.15, -0.1) is 0 Å². The van der Waals surface area contributed by atoms with Crippen LogP contribution in [-0.2, 0) is 0 Å². The summed E-state index contributed by atoms with van der Waals surface area (Å²) in [5, 5.41) is 2.40. The lowest BCUT2D eigenvalue weighted by molar-refractivity contribution is 1.15. The molecule has 4 heteroatoms. The number of H-pyrrole nitrogens is 1. The predicted octanol–water partition coefficient (Wildman–Crippen LogP) is 4.30. The quantitative estimate of drug-likeness (QED) is 0.434. The minimum absolute atomic E-state index is 0.914. The molecule has 0 aliphatic carbocycles. The highest BCUT2D eigenvalue weighted by Gasteiger charge is 1.99. The normalized spacial score (nSPS) is 10.6. The van der Waals surface area contributed by atoms with Gasteiger partial charge in [-0.25, -0.2) is 9.97 Å². The maximum atomic E-state index is 4.58. The molecule has 0 bridgehead atoms. The van der Waals surface area contributed by atoms with Crippen molar-refractivity contribution in [2.24, 2.45) is 0 Å². The molecule has 0 unspecified atom stereocenters. The van der Waals surface area contributed by atoms with Gasteiger partial charge < -0.3 is 4.98 Å². The van der Waals surface area contributed by atoms with Gasteiger partial charge in [0.25, 0.3) is 0 Å². The monoisotopic (exact) mass is 298 g/mol. The van der Waals surface area contributed by atoms with E-state index in [0.29, 0.717) is 0 Å². The molecule has 1 N–H and O–H groups in total. The van der Waals surface area contributed by atoms with E-state index in [4.69, 9.17) is 0 Å². The lowest BCUT2D eigenvalue weighted by Crippen LogP contribution is -1.81. The van der Waals surface area contributed by atoms with Crippen LogP contribution in [0.25, 0.3) is 33.2 Å². The molecule has 5 rings (SSSR count). The van der Waals surface area contributed by atoms with E-state index in [0.717, 1.165) is 22.4 Å². The van der Waals surface area contributed by atoms with E-state index >= 15 is 0 Å². The Balaban J connectivity index is 0.000000130. The summed E-state index contributed by atoms with van der Waals surface area (Å²) < 4.78 is 0. The highest BCUT2D eigenvalue weighted by atomic mass is 14.9. The Hall–Kier alpha value is -3.27. The second-order valence-corrected chi connectivity index (χ2v) is 5.17. The van der Waals surface area contributed by atoms with Gasteiger partial charge in [0.2, 0.25) is 0 Å². The minimum atomic E-state index is 0.914. The Labute approximate surface area is 133 Å². The molecule has 3 heterocycles. The Kier molecular flexibility index (Phi) is 3.41. The van der Waals surface area contributed by atoms with Crippen molar-refractivity contribution in [1.82, 2.24) is 19.9 Å². The Morgan fingerprint density at radius 1 is 0.783 bits per heavy atom. The SMILES string of the molecule is c1cc2[nH]cncc-2n1.c1ccc2nc3ccccc3cc2c1. The highest BCUT2D eigenvalue weighted by molar-refractivity contribution is 5.92. The molecule has 1 aromatic heterocycles. The van der Waals surface area contributed by atoms with Crippen molar-refractivity contribution in [3.05, 3.63) is 79.4 Å². The second kappa shape index (κ2) is 5.85. The highest BCUT2D eigenvalue weighted by Crippen LogP contribution is 2.18. The van der Waals surface area contributed by atoms with E-state index in [1.54, 1.807) is 18.7 Å². The van der Waals surface area contributed by atoms with Crippen molar-refractivity contribution in [3.63, 3.8) is 0 Å². The van der Waals surface area contributed by atoms with Crippen LogP contribution in [0, 0.1) is 0 Å². The molecule has 0 saturated carbocycles. The molecule has 2 aliphatic rings.